The normalized spacial score (nSPS) is 10.7. The van der Waals surface area contributed by atoms with Gasteiger partial charge in [0.1, 0.15) is 17.4 Å². The summed E-state index contributed by atoms with van der Waals surface area (Å²) in [5, 5.41) is 12.1. The minimum atomic E-state index is 0.0865. The van der Waals surface area contributed by atoms with Gasteiger partial charge in [-0.1, -0.05) is 32.0 Å². The summed E-state index contributed by atoms with van der Waals surface area (Å²) in [4.78, 5) is 8.85. The van der Waals surface area contributed by atoms with Crippen LogP contribution in [0.4, 0.5) is 5.82 Å². The number of aliphatic hydroxyl groups excluding tert-OH is 1. The van der Waals surface area contributed by atoms with Gasteiger partial charge < -0.3 is 15.2 Å². The third kappa shape index (κ3) is 3.92. The third-order valence-corrected chi connectivity index (χ3v) is 3.06. The molecule has 0 bridgehead atoms. The van der Waals surface area contributed by atoms with Gasteiger partial charge >= 0.3 is 0 Å². The number of hydrogen-bond acceptors (Lipinski definition) is 5. The number of benzene rings is 1. The zero-order valence-corrected chi connectivity index (χ0v) is 12.6. The monoisotopic (exact) mass is 287 g/mol. The summed E-state index contributed by atoms with van der Waals surface area (Å²) in [6.07, 6.45) is 0.553. The van der Waals surface area contributed by atoms with Gasteiger partial charge in [-0.3, -0.25) is 0 Å². The molecular weight excluding hydrogens is 266 g/mol. The Bertz CT molecular complexity index is 600. The number of nitrogens with zero attached hydrogens (tertiary/aromatic N) is 2. The molecule has 2 aromatic rings. The Morgan fingerprint density at radius 1 is 1.24 bits per heavy atom. The second-order valence-electron chi connectivity index (χ2n) is 5.04. The van der Waals surface area contributed by atoms with Crippen LogP contribution < -0.4 is 10.1 Å². The van der Waals surface area contributed by atoms with E-state index in [1.54, 1.807) is 6.07 Å². The molecule has 0 atom stereocenters. The molecular formula is C16H21N3O2. The fourth-order valence-corrected chi connectivity index (χ4v) is 1.92. The number of nitrogens with one attached hydrogen (secondary N) is 1. The number of rotatable bonds is 6. The lowest BCUT2D eigenvalue weighted by Crippen LogP contribution is -2.04. The zero-order chi connectivity index (χ0) is 15.2. The van der Waals surface area contributed by atoms with E-state index >= 15 is 0 Å². The molecule has 0 radical (unpaired) electrons. The summed E-state index contributed by atoms with van der Waals surface area (Å²) in [5.74, 6) is 2.89. The van der Waals surface area contributed by atoms with Gasteiger partial charge in [0, 0.05) is 25.6 Å². The maximum Gasteiger partial charge on any atom is 0.224 e. The second kappa shape index (κ2) is 7.04. The number of aromatic nitrogens is 2. The molecule has 5 nitrogen and oxygen atoms in total. The molecule has 0 fully saturated rings. The van der Waals surface area contributed by atoms with Crippen molar-refractivity contribution in [3.63, 3.8) is 0 Å². The molecule has 1 aromatic heterocycles. The molecule has 1 aromatic carbocycles. The lowest BCUT2D eigenvalue weighted by molar-refractivity contribution is 0.297. The van der Waals surface area contributed by atoms with Gasteiger partial charge in [-0.2, -0.15) is 4.98 Å². The van der Waals surface area contributed by atoms with Gasteiger partial charge in [-0.15, -0.1) is 0 Å². The first-order valence-corrected chi connectivity index (χ1v) is 7.07. The Kier molecular flexibility index (Phi) is 5.11. The number of hydrogen-bond donors (Lipinski definition) is 2. The summed E-state index contributed by atoms with van der Waals surface area (Å²) in [5.41, 5.74) is 0.954. The molecule has 1 heterocycles. The second-order valence-corrected chi connectivity index (χ2v) is 5.04. The van der Waals surface area contributed by atoms with Crippen molar-refractivity contribution >= 4 is 5.82 Å². The Labute approximate surface area is 125 Å². The van der Waals surface area contributed by atoms with Crippen molar-refractivity contribution in [1.29, 1.82) is 0 Å². The smallest absolute Gasteiger partial charge is 0.224 e. The summed E-state index contributed by atoms with van der Waals surface area (Å²) in [6.45, 7) is 4.17. The number of anilines is 1. The van der Waals surface area contributed by atoms with E-state index in [0.717, 1.165) is 17.2 Å². The molecule has 5 heteroatoms. The molecule has 2 N–H and O–H groups in total. The van der Waals surface area contributed by atoms with E-state index in [1.807, 2.05) is 45.2 Å². The third-order valence-electron chi connectivity index (χ3n) is 3.06. The fraction of sp³-hybridized carbons (Fsp3) is 0.375. The quantitative estimate of drug-likeness (QED) is 0.855. The van der Waals surface area contributed by atoms with Crippen molar-refractivity contribution in [2.24, 2.45) is 0 Å². The van der Waals surface area contributed by atoms with Crippen LogP contribution in [0.2, 0.25) is 0 Å². The molecule has 0 saturated heterocycles. The van der Waals surface area contributed by atoms with E-state index in [4.69, 9.17) is 9.84 Å². The number of aliphatic hydroxyl groups is 1. The van der Waals surface area contributed by atoms with Crippen LogP contribution in [0, 0.1) is 0 Å². The first-order valence-electron chi connectivity index (χ1n) is 7.07. The van der Waals surface area contributed by atoms with E-state index in [-0.39, 0.29) is 12.5 Å². The van der Waals surface area contributed by atoms with Gasteiger partial charge in [0.05, 0.1) is 0 Å². The molecule has 21 heavy (non-hydrogen) atoms. The van der Waals surface area contributed by atoms with Crippen molar-refractivity contribution in [3.05, 3.63) is 41.7 Å². The highest BCUT2D eigenvalue weighted by molar-refractivity contribution is 5.41. The van der Waals surface area contributed by atoms with Crippen molar-refractivity contribution in [3.8, 4) is 11.6 Å². The van der Waals surface area contributed by atoms with E-state index in [0.29, 0.717) is 18.1 Å². The molecule has 0 amide bonds. The summed E-state index contributed by atoms with van der Waals surface area (Å²) in [6, 6.07) is 9.41. The highest BCUT2D eigenvalue weighted by Gasteiger charge is 2.10. The average molecular weight is 287 g/mol. The maximum absolute atomic E-state index is 9.12. The van der Waals surface area contributed by atoms with Crippen LogP contribution in [0.1, 0.15) is 31.2 Å². The number of ether oxygens (including phenoxy) is 1. The van der Waals surface area contributed by atoms with Crippen LogP contribution in [0.25, 0.3) is 0 Å². The van der Waals surface area contributed by atoms with E-state index < -0.39 is 0 Å². The standard InChI is InChI=1S/C16H21N3O2/c1-11(2)16-18-14(17-3)10-15(19-16)21-13-7-5-4-6-12(13)8-9-20/h4-7,10-11,20H,8-9H2,1-3H3,(H,17,18,19). The predicted molar refractivity (Wildman–Crippen MR) is 83.0 cm³/mol. The molecule has 0 aliphatic heterocycles. The SMILES string of the molecule is CNc1cc(Oc2ccccc2CCO)nc(C(C)C)n1. The van der Waals surface area contributed by atoms with Crippen LogP contribution >= 0.6 is 0 Å². The van der Waals surface area contributed by atoms with Crippen LogP contribution in [0.3, 0.4) is 0 Å². The molecule has 0 aliphatic rings. The molecule has 0 unspecified atom stereocenters. The molecule has 112 valence electrons. The summed E-state index contributed by atoms with van der Waals surface area (Å²) < 4.78 is 5.89. The summed E-state index contributed by atoms with van der Waals surface area (Å²) in [7, 11) is 1.82. The lowest BCUT2D eigenvalue weighted by Gasteiger charge is -2.13. The van der Waals surface area contributed by atoms with Crippen molar-refractivity contribution in [1.82, 2.24) is 9.97 Å². The molecule has 0 saturated carbocycles. The first-order chi connectivity index (χ1) is 10.1. The maximum atomic E-state index is 9.12. The zero-order valence-electron chi connectivity index (χ0n) is 12.6. The highest BCUT2D eigenvalue weighted by atomic mass is 16.5. The first kappa shape index (κ1) is 15.3. The average Bonchev–Trinajstić information content (AvgIpc) is 2.49. The van der Waals surface area contributed by atoms with Gasteiger partial charge in [-0.25, -0.2) is 4.98 Å². The van der Waals surface area contributed by atoms with Crippen LogP contribution in [0.15, 0.2) is 30.3 Å². The minimum Gasteiger partial charge on any atom is -0.439 e. The fourth-order valence-electron chi connectivity index (χ4n) is 1.92. The van der Waals surface area contributed by atoms with Crippen molar-refractivity contribution in [2.45, 2.75) is 26.2 Å². The van der Waals surface area contributed by atoms with E-state index in [2.05, 4.69) is 15.3 Å². The van der Waals surface area contributed by atoms with Crippen LogP contribution in [-0.2, 0) is 6.42 Å². The Morgan fingerprint density at radius 2 is 2.00 bits per heavy atom. The minimum absolute atomic E-state index is 0.0865. The molecule has 2 rings (SSSR count). The summed E-state index contributed by atoms with van der Waals surface area (Å²) >= 11 is 0. The predicted octanol–water partition coefficient (Wildman–Crippen LogP) is 2.97. The van der Waals surface area contributed by atoms with E-state index in [9.17, 15) is 0 Å². The Hall–Kier alpha value is -2.14. The van der Waals surface area contributed by atoms with Crippen molar-refractivity contribution in [2.75, 3.05) is 19.0 Å². The molecule has 0 aliphatic carbocycles. The topological polar surface area (TPSA) is 67.3 Å². The van der Waals surface area contributed by atoms with Crippen LogP contribution in [-0.4, -0.2) is 28.7 Å². The molecule has 0 spiro atoms. The van der Waals surface area contributed by atoms with E-state index in [1.165, 1.54) is 0 Å². The Morgan fingerprint density at radius 3 is 2.67 bits per heavy atom. The van der Waals surface area contributed by atoms with Crippen molar-refractivity contribution < 1.29 is 9.84 Å². The van der Waals surface area contributed by atoms with Gasteiger partial charge in [-0.05, 0) is 18.1 Å². The lowest BCUT2D eigenvalue weighted by atomic mass is 10.1. The number of para-hydroxylation sites is 1. The highest BCUT2D eigenvalue weighted by Crippen LogP contribution is 2.26. The Balaban J connectivity index is 2.32. The largest absolute Gasteiger partial charge is 0.439 e. The van der Waals surface area contributed by atoms with Gasteiger partial charge in [0.15, 0.2) is 0 Å². The van der Waals surface area contributed by atoms with Gasteiger partial charge in [0.25, 0.3) is 0 Å². The van der Waals surface area contributed by atoms with Crippen LogP contribution in [0.5, 0.6) is 11.6 Å². The van der Waals surface area contributed by atoms with Gasteiger partial charge in [0.2, 0.25) is 5.88 Å².